The number of anilines is 1. The Morgan fingerprint density at radius 2 is 1.88 bits per heavy atom. The summed E-state index contributed by atoms with van der Waals surface area (Å²) in [4.78, 5) is 12.6. The van der Waals surface area contributed by atoms with E-state index in [0.717, 1.165) is 11.1 Å². The van der Waals surface area contributed by atoms with Crippen LogP contribution in [0.2, 0.25) is 0 Å². The summed E-state index contributed by atoms with van der Waals surface area (Å²) < 4.78 is 31.9. The van der Waals surface area contributed by atoms with Gasteiger partial charge >= 0.3 is 0 Å². The molecule has 26 heavy (non-hydrogen) atoms. The molecule has 1 N–H and O–H groups in total. The summed E-state index contributed by atoms with van der Waals surface area (Å²) in [6.45, 7) is 3.91. The highest BCUT2D eigenvalue weighted by molar-refractivity contribution is 7.92. The number of hydrogen-bond donors (Lipinski definition) is 1. The molecule has 6 nitrogen and oxygen atoms in total. The van der Waals surface area contributed by atoms with E-state index in [1.807, 2.05) is 31.2 Å². The van der Waals surface area contributed by atoms with E-state index in [9.17, 15) is 13.2 Å². The Morgan fingerprint density at radius 3 is 2.58 bits per heavy atom. The maximum absolute atomic E-state index is 12.6. The molecule has 7 heteroatoms. The number of fused-ring (bicyclic) bond motifs is 1. The topological polar surface area (TPSA) is 75.7 Å². The number of amides is 1. The number of carbonyl (C=O) groups is 1. The van der Waals surface area contributed by atoms with Crippen molar-refractivity contribution in [2.75, 3.05) is 16.6 Å². The number of rotatable bonds is 5. The monoisotopic (exact) mass is 374 g/mol. The first-order chi connectivity index (χ1) is 12.4. The highest BCUT2D eigenvalue weighted by Gasteiger charge is 2.35. The third-order valence-electron chi connectivity index (χ3n) is 4.32. The minimum Gasteiger partial charge on any atom is -0.476 e. The third-order valence-corrected chi connectivity index (χ3v) is 6.06. The predicted octanol–water partition coefficient (Wildman–Crippen LogP) is 2.23. The van der Waals surface area contributed by atoms with Gasteiger partial charge in [0.15, 0.2) is 6.10 Å². The average molecular weight is 374 g/mol. The van der Waals surface area contributed by atoms with Gasteiger partial charge in [0.25, 0.3) is 5.91 Å². The van der Waals surface area contributed by atoms with Gasteiger partial charge in [0.2, 0.25) is 10.0 Å². The smallest absolute Gasteiger partial charge is 0.263 e. The Hall–Kier alpha value is -2.54. The van der Waals surface area contributed by atoms with Crippen LogP contribution in [0.3, 0.4) is 0 Å². The van der Waals surface area contributed by atoms with E-state index in [2.05, 4.69) is 5.32 Å². The van der Waals surface area contributed by atoms with Crippen LogP contribution in [0.5, 0.6) is 5.75 Å². The number of hydrogen-bond acceptors (Lipinski definition) is 4. The van der Waals surface area contributed by atoms with Crippen molar-refractivity contribution in [2.24, 2.45) is 0 Å². The third kappa shape index (κ3) is 3.83. The quantitative estimate of drug-likeness (QED) is 0.871. The van der Waals surface area contributed by atoms with Crippen molar-refractivity contribution in [1.82, 2.24) is 5.32 Å². The maximum atomic E-state index is 12.6. The molecule has 3 rings (SSSR count). The van der Waals surface area contributed by atoms with Crippen LogP contribution < -0.4 is 14.4 Å². The van der Waals surface area contributed by atoms with E-state index in [-0.39, 0.29) is 18.2 Å². The standard InChI is InChI=1S/C19H22N2O4S/c1-3-26(23,24)21-13-18(25-17-7-5-4-6-16(17)21)19(22)20-12-15-10-8-14(2)9-11-15/h4-11,18H,3,12-13H2,1-2H3,(H,20,22)/t18-/m0/s1. The normalized spacial score (nSPS) is 16.5. The Balaban J connectivity index is 1.76. The van der Waals surface area contributed by atoms with Gasteiger partial charge in [-0.15, -0.1) is 0 Å². The number of carbonyl (C=O) groups excluding carboxylic acids is 1. The van der Waals surface area contributed by atoms with E-state index >= 15 is 0 Å². The molecule has 0 aromatic heterocycles. The fourth-order valence-corrected chi connectivity index (χ4v) is 3.89. The summed E-state index contributed by atoms with van der Waals surface area (Å²) in [7, 11) is -3.50. The molecule has 1 atom stereocenters. The number of aryl methyl sites for hydroxylation is 1. The molecule has 1 aliphatic heterocycles. The highest BCUT2D eigenvalue weighted by atomic mass is 32.2. The number of para-hydroxylation sites is 2. The Morgan fingerprint density at radius 1 is 1.19 bits per heavy atom. The predicted molar refractivity (Wildman–Crippen MR) is 101 cm³/mol. The minimum absolute atomic E-state index is 0.0348. The first-order valence-corrected chi connectivity index (χ1v) is 10.1. The zero-order valence-electron chi connectivity index (χ0n) is 14.8. The highest BCUT2D eigenvalue weighted by Crippen LogP contribution is 2.35. The molecule has 2 aromatic carbocycles. The first kappa shape index (κ1) is 18.3. The zero-order valence-corrected chi connectivity index (χ0v) is 15.6. The first-order valence-electron chi connectivity index (χ1n) is 8.50. The van der Waals surface area contributed by atoms with Crippen LogP contribution in [-0.2, 0) is 21.4 Å². The molecule has 1 heterocycles. The molecule has 138 valence electrons. The van der Waals surface area contributed by atoms with Crippen LogP contribution in [0.1, 0.15) is 18.1 Å². The van der Waals surface area contributed by atoms with Gasteiger partial charge in [-0.05, 0) is 31.5 Å². The molecule has 0 aliphatic carbocycles. The lowest BCUT2D eigenvalue weighted by atomic mass is 10.1. The van der Waals surface area contributed by atoms with E-state index in [0.29, 0.717) is 18.0 Å². The molecule has 0 saturated carbocycles. The molecule has 0 saturated heterocycles. The Bertz CT molecular complexity index is 894. The molecular weight excluding hydrogens is 352 g/mol. The number of nitrogens with zero attached hydrogens (tertiary/aromatic N) is 1. The number of sulfonamides is 1. The van der Waals surface area contributed by atoms with Gasteiger partial charge in [0.05, 0.1) is 18.0 Å². The van der Waals surface area contributed by atoms with Crippen LogP contribution in [-0.4, -0.2) is 32.7 Å². The van der Waals surface area contributed by atoms with Crippen LogP contribution in [0.4, 0.5) is 5.69 Å². The molecule has 0 radical (unpaired) electrons. The summed E-state index contributed by atoms with van der Waals surface area (Å²) in [5.74, 6) is 0.0154. The summed E-state index contributed by atoms with van der Waals surface area (Å²) in [6, 6.07) is 14.7. The lowest BCUT2D eigenvalue weighted by molar-refractivity contribution is -0.127. The van der Waals surface area contributed by atoms with E-state index in [4.69, 9.17) is 4.74 Å². The lowest BCUT2D eigenvalue weighted by Gasteiger charge is -2.34. The maximum Gasteiger partial charge on any atom is 0.263 e. The van der Waals surface area contributed by atoms with Crippen molar-refractivity contribution in [2.45, 2.75) is 26.5 Å². The molecular formula is C19H22N2O4S. The van der Waals surface area contributed by atoms with Gasteiger partial charge in [-0.1, -0.05) is 42.0 Å². The fourth-order valence-electron chi connectivity index (χ4n) is 2.77. The largest absolute Gasteiger partial charge is 0.476 e. The summed E-state index contributed by atoms with van der Waals surface area (Å²) >= 11 is 0. The van der Waals surface area contributed by atoms with Crippen LogP contribution in [0, 0.1) is 6.92 Å². The molecule has 2 aromatic rings. The fraction of sp³-hybridized carbons (Fsp3) is 0.316. The number of nitrogens with one attached hydrogen (secondary N) is 1. The summed E-state index contributed by atoms with van der Waals surface area (Å²) in [6.07, 6.45) is -0.892. The van der Waals surface area contributed by atoms with Gasteiger partial charge in [-0.3, -0.25) is 9.10 Å². The van der Waals surface area contributed by atoms with Gasteiger partial charge in [-0.25, -0.2) is 8.42 Å². The molecule has 0 bridgehead atoms. The molecule has 0 spiro atoms. The van der Waals surface area contributed by atoms with Crippen LogP contribution in [0.25, 0.3) is 0 Å². The minimum atomic E-state index is -3.50. The van der Waals surface area contributed by atoms with Crippen molar-refractivity contribution in [3.05, 3.63) is 59.7 Å². The van der Waals surface area contributed by atoms with Crippen molar-refractivity contribution in [1.29, 1.82) is 0 Å². The number of benzene rings is 2. The second kappa shape index (κ2) is 7.37. The molecule has 1 aliphatic rings. The van der Waals surface area contributed by atoms with Crippen LogP contribution in [0.15, 0.2) is 48.5 Å². The molecule has 0 unspecified atom stereocenters. The second-order valence-corrected chi connectivity index (χ2v) is 8.39. The average Bonchev–Trinajstić information content (AvgIpc) is 2.66. The number of ether oxygens (including phenoxy) is 1. The van der Waals surface area contributed by atoms with Crippen molar-refractivity contribution < 1.29 is 17.9 Å². The van der Waals surface area contributed by atoms with Gasteiger partial charge in [-0.2, -0.15) is 0 Å². The second-order valence-electron chi connectivity index (χ2n) is 6.21. The SMILES string of the molecule is CCS(=O)(=O)N1C[C@@H](C(=O)NCc2ccc(C)cc2)Oc2ccccc21. The van der Waals surface area contributed by atoms with Gasteiger partial charge in [0, 0.05) is 6.54 Å². The van der Waals surface area contributed by atoms with Gasteiger partial charge in [0.1, 0.15) is 5.75 Å². The van der Waals surface area contributed by atoms with Crippen LogP contribution >= 0.6 is 0 Å². The van der Waals surface area contributed by atoms with E-state index < -0.39 is 16.1 Å². The Kier molecular flexibility index (Phi) is 5.18. The van der Waals surface area contributed by atoms with Gasteiger partial charge < -0.3 is 10.1 Å². The summed E-state index contributed by atoms with van der Waals surface area (Å²) in [5, 5.41) is 2.82. The Labute approximate surface area is 153 Å². The zero-order chi connectivity index (χ0) is 18.7. The van der Waals surface area contributed by atoms with Crippen molar-refractivity contribution in [3.8, 4) is 5.75 Å². The van der Waals surface area contributed by atoms with Crippen molar-refractivity contribution in [3.63, 3.8) is 0 Å². The molecule has 1 amide bonds. The lowest BCUT2D eigenvalue weighted by Crippen LogP contribution is -2.50. The molecule has 0 fully saturated rings. The van der Waals surface area contributed by atoms with E-state index in [1.54, 1.807) is 31.2 Å². The van der Waals surface area contributed by atoms with Crippen molar-refractivity contribution >= 4 is 21.6 Å². The van der Waals surface area contributed by atoms with E-state index in [1.165, 1.54) is 4.31 Å². The summed E-state index contributed by atoms with van der Waals surface area (Å²) in [5.41, 5.74) is 2.59.